The lowest BCUT2D eigenvalue weighted by atomic mass is 10.3. The standard InChI is InChI=1S/C12H7BrN2O4S/c13-7-5-10(12(16)17)11(14-6-7)20-9-3-1-8(2-4-9)15(18)19/h1-6H,(H,16,17). The lowest BCUT2D eigenvalue weighted by molar-refractivity contribution is -0.384. The highest BCUT2D eigenvalue weighted by atomic mass is 79.9. The lowest BCUT2D eigenvalue weighted by Gasteiger charge is -2.05. The first kappa shape index (κ1) is 14.5. The first-order valence-corrected chi connectivity index (χ1v) is 6.89. The molecule has 0 amide bonds. The van der Waals surface area contributed by atoms with Crippen LogP contribution in [0.2, 0.25) is 0 Å². The number of rotatable bonds is 4. The first-order chi connectivity index (χ1) is 9.47. The van der Waals surface area contributed by atoms with Gasteiger partial charge in [0.05, 0.1) is 10.5 Å². The van der Waals surface area contributed by atoms with E-state index >= 15 is 0 Å². The molecule has 1 N–H and O–H groups in total. The molecular formula is C12H7BrN2O4S. The Labute approximate surface area is 126 Å². The van der Waals surface area contributed by atoms with Crippen molar-refractivity contribution in [2.75, 3.05) is 0 Å². The van der Waals surface area contributed by atoms with Gasteiger partial charge in [0.15, 0.2) is 0 Å². The predicted molar refractivity (Wildman–Crippen MR) is 76.1 cm³/mol. The molecule has 8 heteroatoms. The molecule has 0 bridgehead atoms. The molecule has 6 nitrogen and oxygen atoms in total. The zero-order valence-electron chi connectivity index (χ0n) is 9.82. The molecule has 0 aliphatic carbocycles. The van der Waals surface area contributed by atoms with Crippen molar-refractivity contribution in [1.82, 2.24) is 4.98 Å². The van der Waals surface area contributed by atoms with Crippen molar-refractivity contribution in [2.45, 2.75) is 9.92 Å². The summed E-state index contributed by atoms with van der Waals surface area (Å²) in [4.78, 5) is 25.9. The molecule has 0 fully saturated rings. The largest absolute Gasteiger partial charge is 0.478 e. The summed E-state index contributed by atoms with van der Waals surface area (Å²) in [5, 5.41) is 20.0. The van der Waals surface area contributed by atoms with E-state index in [9.17, 15) is 14.9 Å². The van der Waals surface area contributed by atoms with Crippen molar-refractivity contribution in [3.05, 3.63) is 56.7 Å². The summed E-state index contributed by atoms with van der Waals surface area (Å²) < 4.78 is 0.572. The maximum atomic E-state index is 11.1. The Morgan fingerprint density at radius 1 is 1.35 bits per heavy atom. The van der Waals surface area contributed by atoms with E-state index in [1.54, 1.807) is 12.1 Å². The van der Waals surface area contributed by atoms with Gasteiger partial charge in [-0.25, -0.2) is 9.78 Å². The van der Waals surface area contributed by atoms with Gasteiger partial charge < -0.3 is 5.11 Å². The van der Waals surface area contributed by atoms with E-state index in [-0.39, 0.29) is 11.3 Å². The van der Waals surface area contributed by atoms with Gasteiger partial charge in [-0.3, -0.25) is 10.1 Å². The summed E-state index contributed by atoms with van der Waals surface area (Å²) in [5.74, 6) is -1.08. The first-order valence-electron chi connectivity index (χ1n) is 5.28. The molecule has 0 saturated heterocycles. The maximum Gasteiger partial charge on any atom is 0.338 e. The smallest absolute Gasteiger partial charge is 0.338 e. The van der Waals surface area contributed by atoms with Crippen molar-refractivity contribution in [3.63, 3.8) is 0 Å². The second-order valence-electron chi connectivity index (χ2n) is 3.66. The number of nitrogens with zero attached hydrogens (tertiary/aromatic N) is 2. The summed E-state index contributed by atoms with van der Waals surface area (Å²) in [6.45, 7) is 0. The van der Waals surface area contributed by atoms with Crippen molar-refractivity contribution in [3.8, 4) is 0 Å². The minimum Gasteiger partial charge on any atom is -0.478 e. The van der Waals surface area contributed by atoms with Gasteiger partial charge >= 0.3 is 5.97 Å². The molecule has 0 aliphatic heterocycles. The van der Waals surface area contributed by atoms with Gasteiger partial charge in [0.25, 0.3) is 5.69 Å². The van der Waals surface area contributed by atoms with Crippen molar-refractivity contribution in [2.24, 2.45) is 0 Å². The summed E-state index contributed by atoms with van der Waals surface area (Å²) in [6, 6.07) is 7.29. The molecular weight excluding hydrogens is 348 g/mol. The number of aromatic carboxylic acids is 1. The number of benzene rings is 1. The van der Waals surface area contributed by atoms with Gasteiger partial charge in [0, 0.05) is 27.7 Å². The Hall–Kier alpha value is -1.93. The van der Waals surface area contributed by atoms with Crippen LogP contribution in [0.3, 0.4) is 0 Å². The molecule has 1 aromatic carbocycles. The van der Waals surface area contributed by atoms with Gasteiger partial charge in [-0.15, -0.1) is 0 Å². The molecule has 102 valence electrons. The lowest BCUT2D eigenvalue weighted by Crippen LogP contribution is -2.00. The van der Waals surface area contributed by atoms with Crippen LogP contribution < -0.4 is 0 Å². The van der Waals surface area contributed by atoms with Gasteiger partial charge in [0.1, 0.15) is 5.03 Å². The number of pyridine rings is 1. The topological polar surface area (TPSA) is 93.3 Å². The number of carboxylic acids is 1. The number of non-ortho nitro benzene ring substituents is 1. The Morgan fingerprint density at radius 3 is 2.55 bits per heavy atom. The highest BCUT2D eigenvalue weighted by molar-refractivity contribution is 9.10. The Bertz CT molecular complexity index is 676. The summed E-state index contributed by atoms with van der Waals surface area (Å²) in [7, 11) is 0. The van der Waals surface area contributed by atoms with Gasteiger partial charge in [-0.05, 0) is 34.1 Å². The zero-order chi connectivity index (χ0) is 14.7. The van der Waals surface area contributed by atoms with Crippen LogP contribution in [0.25, 0.3) is 0 Å². The molecule has 0 spiro atoms. The predicted octanol–water partition coefficient (Wildman–Crippen LogP) is 3.60. The minimum atomic E-state index is -1.08. The third kappa shape index (κ3) is 3.34. The van der Waals surface area contributed by atoms with E-state index in [2.05, 4.69) is 20.9 Å². The molecule has 0 unspecified atom stereocenters. The van der Waals surface area contributed by atoms with Crippen molar-refractivity contribution >= 4 is 39.3 Å². The van der Waals surface area contributed by atoms with Crippen LogP contribution in [0.5, 0.6) is 0 Å². The van der Waals surface area contributed by atoms with Crippen LogP contribution in [-0.4, -0.2) is 21.0 Å². The fraction of sp³-hybridized carbons (Fsp3) is 0. The van der Waals surface area contributed by atoms with Crippen LogP contribution in [0.1, 0.15) is 10.4 Å². The highest BCUT2D eigenvalue weighted by Crippen LogP contribution is 2.31. The number of nitro benzene ring substituents is 1. The number of halogens is 1. The van der Waals surface area contributed by atoms with Gasteiger partial charge in [-0.2, -0.15) is 0 Å². The van der Waals surface area contributed by atoms with E-state index in [0.717, 1.165) is 11.8 Å². The number of nitro groups is 1. The van der Waals surface area contributed by atoms with Crippen molar-refractivity contribution in [1.29, 1.82) is 0 Å². The molecule has 1 aromatic heterocycles. The molecule has 20 heavy (non-hydrogen) atoms. The van der Waals surface area contributed by atoms with E-state index in [1.807, 2.05) is 0 Å². The number of carbonyl (C=O) groups is 1. The molecule has 0 radical (unpaired) electrons. The van der Waals surface area contributed by atoms with Crippen molar-refractivity contribution < 1.29 is 14.8 Å². The normalized spacial score (nSPS) is 10.2. The summed E-state index contributed by atoms with van der Waals surface area (Å²) in [5.41, 5.74) is 0.0549. The second kappa shape index (κ2) is 6.02. The number of hydrogen-bond donors (Lipinski definition) is 1. The SMILES string of the molecule is O=C(O)c1cc(Br)cnc1Sc1ccc([N+](=O)[O-])cc1. The fourth-order valence-electron chi connectivity index (χ4n) is 1.41. The molecule has 0 atom stereocenters. The van der Waals surface area contributed by atoms with Crippen LogP contribution in [0.4, 0.5) is 5.69 Å². The Balaban J connectivity index is 2.30. The monoisotopic (exact) mass is 354 g/mol. The van der Waals surface area contributed by atoms with Crippen LogP contribution in [-0.2, 0) is 0 Å². The third-order valence-corrected chi connectivity index (χ3v) is 3.77. The van der Waals surface area contributed by atoms with E-state index in [1.165, 1.54) is 24.4 Å². The average molecular weight is 355 g/mol. The average Bonchev–Trinajstić information content (AvgIpc) is 2.41. The molecule has 0 saturated carbocycles. The summed E-state index contributed by atoms with van der Waals surface area (Å²) in [6.07, 6.45) is 1.50. The Kier molecular flexibility index (Phi) is 4.35. The zero-order valence-corrected chi connectivity index (χ0v) is 12.2. The van der Waals surface area contributed by atoms with Gasteiger partial charge in [-0.1, -0.05) is 11.8 Å². The van der Waals surface area contributed by atoms with E-state index in [0.29, 0.717) is 14.4 Å². The van der Waals surface area contributed by atoms with Gasteiger partial charge in [0.2, 0.25) is 0 Å². The van der Waals surface area contributed by atoms with E-state index in [4.69, 9.17) is 5.11 Å². The quantitative estimate of drug-likeness (QED) is 0.665. The maximum absolute atomic E-state index is 11.1. The number of aromatic nitrogens is 1. The van der Waals surface area contributed by atoms with Crippen LogP contribution >= 0.6 is 27.7 Å². The third-order valence-electron chi connectivity index (χ3n) is 2.31. The fourth-order valence-corrected chi connectivity index (χ4v) is 2.60. The minimum absolute atomic E-state index is 0.0171. The molecule has 0 aliphatic rings. The second-order valence-corrected chi connectivity index (χ2v) is 5.64. The molecule has 2 rings (SSSR count). The highest BCUT2D eigenvalue weighted by Gasteiger charge is 2.14. The van der Waals surface area contributed by atoms with Crippen LogP contribution in [0.15, 0.2) is 50.9 Å². The number of carboxylic acid groups (broad SMARTS) is 1. The number of hydrogen-bond acceptors (Lipinski definition) is 5. The summed E-state index contributed by atoms with van der Waals surface area (Å²) >= 11 is 4.30. The molecule has 1 heterocycles. The molecule has 2 aromatic rings. The van der Waals surface area contributed by atoms with E-state index < -0.39 is 10.9 Å². The van der Waals surface area contributed by atoms with Crippen LogP contribution in [0, 0.1) is 10.1 Å². The Morgan fingerprint density at radius 2 is 2.00 bits per heavy atom.